The monoisotopic (exact) mass is 392 g/mol. The molecule has 0 heterocycles. The lowest BCUT2D eigenvalue weighted by Gasteiger charge is -2.61. The van der Waals surface area contributed by atoms with Crippen LogP contribution < -0.4 is 0 Å². The molecule has 0 saturated heterocycles. The van der Waals surface area contributed by atoms with Crippen molar-refractivity contribution in [2.45, 2.75) is 58.2 Å². The first kappa shape index (κ1) is 19.8. The highest BCUT2D eigenvalue weighted by Gasteiger charge is 2.74. The second kappa shape index (κ2) is 5.76. The maximum Gasteiger partial charge on any atom is 0.307 e. The first-order valence-electron chi connectivity index (χ1n) is 10.1. The summed E-state index contributed by atoms with van der Waals surface area (Å²) < 4.78 is 16.9. The fourth-order valence-electron chi connectivity index (χ4n) is 7.46. The first-order chi connectivity index (χ1) is 12.9. The van der Waals surface area contributed by atoms with Gasteiger partial charge < -0.3 is 15.3 Å². The Hall–Kier alpha value is -1.53. The third-order valence-electron chi connectivity index (χ3n) is 8.73. The number of carbonyl (C=O) groups excluding carboxylic acids is 1. The molecule has 0 amide bonds. The number of alkyl halides is 1. The van der Waals surface area contributed by atoms with Crippen LogP contribution in [0, 0.1) is 34.0 Å². The number of carboxylic acids is 1. The minimum Gasteiger partial charge on any atom is -0.481 e. The van der Waals surface area contributed by atoms with Crippen molar-refractivity contribution in [3.8, 4) is 0 Å². The van der Waals surface area contributed by atoms with Gasteiger partial charge in [0.1, 0.15) is 0 Å². The summed E-state index contributed by atoms with van der Waals surface area (Å²) in [6.07, 6.45) is 4.58. The highest BCUT2D eigenvalue weighted by molar-refractivity contribution is 6.01. The molecule has 0 aromatic heterocycles. The molecule has 4 aliphatic rings. The van der Waals surface area contributed by atoms with Crippen LogP contribution in [0.15, 0.2) is 23.8 Å². The lowest BCUT2D eigenvalue weighted by atomic mass is 9.45. The van der Waals surface area contributed by atoms with E-state index in [2.05, 4.69) is 0 Å². The van der Waals surface area contributed by atoms with Crippen LogP contribution in [0.4, 0.5) is 4.39 Å². The predicted octanol–water partition coefficient (Wildman–Crippen LogP) is 2.67. The van der Waals surface area contributed by atoms with E-state index in [4.69, 9.17) is 0 Å². The molecule has 6 heteroatoms. The number of carboxylic acid groups (broad SMARTS) is 1. The van der Waals surface area contributed by atoms with Crippen molar-refractivity contribution < 1.29 is 29.3 Å². The third kappa shape index (κ3) is 2.13. The Balaban J connectivity index is 1.85. The zero-order valence-corrected chi connectivity index (χ0v) is 16.6. The van der Waals surface area contributed by atoms with E-state index >= 15 is 4.39 Å². The molecule has 0 aromatic rings. The topological polar surface area (TPSA) is 94.8 Å². The van der Waals surface area contributed by atoms with Crippen LogP contribution in [0.2, 0.25) is 0 Å². The SMILES string of the molecule is C[C@]1(CO)CC2C3CCC4=CC(=O)C=C[C@]4(C)[C@@]3(F)[C@@H](O)C[C@]2(C)[C@H]1C(=O)O. The van der Waals surface area contributed by atoms with Crippen molar-refractivity contribution in [3.63, 3.8) is 0 Å². The average molecular weight is 392 g/mol. The Morgan fingerprint density at radius 2 is 1.93 bits per heavy atom. The number of aliphatic hydroxyl groups is 2. The van der Waals surface area contributed by atoms with Gasteiger partial charge in [0.05, 0.1) is 12.0 Å². The van der Waals surface area contributed by atoms with Gasteiger partial charge in [-0.2, -0.15) is 0 Å². The van der Waals surface area contributed by atoms with Gasteiger partial charge in [0.25, 0.3) is 0 Å². The van der Waals surface area contributed by atoms with E-state index in [1.165, 1.54) is 12.2 Å². The maximum absolute atomic E-state index is 16.9. The standard InChI is InChI=1S/C22H29FO5/c1-19(11-24)9-15-14-5-4-12-8-13(25)6-7-21(12,3)22(14,23)16(26)10-20(15,2)17(19)18(27)28/h6-8,14-17,24,26H,4-5,9-11H2,1-3H3,(H,27,28)/t14?,15?,16-,17-,19+,20-,21-,22-/m0/s1. The number of fused-ring (bicyclic) bond motifs is 5. The number of hydrogen-bond donors (Lipinski definition) is 3. The van der Waals surface area contributed by atoms with Crippen molar-refractivity contribution in [3.05, 3.63) is 23.8 Å². The minimum absolute atomic E-state index is 0.0296. The number of hydrogen-bond acceptors (Lipinski definition) is 4. The number of halogens is 1. The Morgan fingerprint density at radius 1 is 1.25 bits per heavy atom. The summed E-state index contributed by atoms with van der Waals surface area (Å²) in [5.74, 6) is -2.79. The van der Waals surface area contributed by atoms with Gasteiger partial charge in [-0.1, -0.05) is 25.5 Å². The molecule has 3 saturated carbocycles. The number of aliphatic hydroxyl groups excluding tert-OH is 2. The highest BCUT2D eigenvalue weighted by atomic mass is 19.1. The van der Waals surface area contributed by atoms with E-state index in [9.17, 15) is 24.9 Å². The van der Waals surface area contributed by atoms with Crippen molar-refractivity contribution in [1.82, 2.24) is 0 Å². The molecular weight excluding hydrogens is 363 g/mol. The summed E-state index contributed by atoms with van der Waals surface area (Å²) in [7, 11) is 0. The second-order valence-corrected chi connectivity index (χ2v) is 10.1. The van der Waals surface area contributed by atoms with Crippen molar-refractivity contribution in [1.29, 1.82) is 0 Å². The molecular formula is C22H29FO5. The number of rotatable bonds is 2. The molecule has 4 rings (SSSR count). The summed E-state index contributed by atoms with van der Waals surface area (Å²) in [6, 6.07) is 0. The van der Waals surface area contributed by atoms with Crippen LogP contribution in [0.1, 0.15) is 46.5 Å². The number of allylic oxidation sites excluding steroid dienone is 4. The van der Waals surface area contributed by atoms with Crippen LogP contribution in [-0.4, -0.2) is 45.5 Å². The molecule has 0 aromatic carbocycles. The Bertz CT molecular complexity index is 805. The molecule has 4 aliphatic carbocycles. The van der Waals surface area contributed by atoms with E-state index in [1.54, 1.807) is 19.9 Å². The quantitative estimate of drug-likeness (QED) is 0.672. The summed E-state index contributed by atoms with van der Waals surface area (Å²) in [6.45, 7) is 5.06. The van der Waals surface area contributed by atoms with Gasteiger partial charge in [-0.3, -0.25) is 9.59 Å². The zero-order chi connectivity index (χ0) is 20.7. The van der Waals surface area contributed by atoms with E-state index in [-0.39, 0.29) is 24.7 Å². The van der Waals surface area contributed by atoms with Crippen molar-refractivity contribution in [2.24, 2.45) is 34.0 Å². The number of aliphatic carboxylic acids is 1. The number of ketones is 1. The summed E-state index contributed by atoms with van der Waals surface area (Å²) in [5, 5.41) is 31.1. The largest absolute Gasteiger partial charge is 0.481 e. The average Bonchev–Trinajstić information content (AvgIpc) is 2.84. The maximum atomic E-state index is 16.9. The molecule has 154 valence electrons. The highest BCUT2D eigenvalue weighted by Crippen LogP contribution is 2.71. The van der Waals surface area contributed by atoms with Gasteiger partial charge >= 0.3 is 5.97 Å². The molecule has 3 fully saturated rings. The van der Waals surface area contributed by atoms with Gasteiger partial charge in [0.15, 0.2) is 11.5 Å². The second-order valence-electron chi connectivity index (χ2n) is 10.1. The molecule has 8 atom stereocenters. The van der Waals surface area contributed by atoms with E-state index in [0.717, 1.165) is 0 Å². The van der Waals surface area contributed by atoms with Crippen LogP contribution in [-0.2, 0) is 9.59 Å². The lowest BCUT2D eigenvalue weighted by Crippen LogP contribution is -2.66. The molecule has 0 radical (unpaired) electrons. The normalized spacial score (nSPS) is 52.5. The van der Waals surface area contributed by atoms with Crippen molar-refractivity contribution in [2.75, 3.05) is 6.61 Å². The Kier molecular flexibility index (Phi) is 4.07. The molecule has 0 spiro atoms. The number of carbonyl (C=O) groups is 2. The lowest BCUT2D eigenvalue weighted by molar-refractivity contribution is -0.199. The first-order valence-corrected chi connectivity index (χ1v) is 10.1. The smallest absolute Gasteiger partial charge is 0.307 e. The molecule has 0 aliphatic heterocycles. The van der Waals surface area contributed by atoms with E-state index < -0.39 is 45.8 Å². The van der Waals surface area contributed by atoms with Gasteiger partial charge in [-0.25, -0.2) is 4.39 Å². The van der Waals surface area contributed by atoms with Gasteiger partial charge in [-0.05, 0) is 56.1 Å². The van der Waals surface area contributed by atoms with Crippen molar-refractivity contribution >= 4 is 11.8 Å². The molecule has 0 bridgehead atoms. The predicted molar refractivity (Wildman–Crippen MR) is 100 cm³/mol. The van der Waals surface area contributed by atoms with Gasteiger partial charge in [0, 0.05) is 23.4 Å². The summed E-state index contributed by atoms with van der Waals surface area (Å²) in [4.78, 5) is 24.0. The van der Waals surface area contributed by atoms with Crippen LogP contribution in [0.3, 0.4) is 0 Å². The summed E-state index contributed by atoms with van der Waals surface area (Å²) >= 11 is 0. The molecule has 2 unspecified atom stereocenters. The third-order valence-corrected chi connectivity index (χ3v) is 8.73. The minimum atomic E-state index is -1.97. The van der Waals surface area contributed by atoms with E-state index in [0.29, 0.717) is 24.8 Å². The Labute approximate surface area is 164 Å². The van der Waals surface area contributed by atoms with Crippen LogP contribution >= 0.6 is 0 Å². The Morgan fingerprint density at radius 3 is 2.54 bits per heavy atom. The van der Waals surface area contributed by atoms with Gasteiger partial charge in [-0.15, -0.1) is 0 Å². The zero-order valence-electron chi connectivity index (χ0n) is 16.6. The fourth-order valence-corrected chi connectivity index (χ4v) is 7.46. The molecule has 3 N–H and O–H groups in total. The van der Waals surface area contributed by atoms with Crippen LogP contribution in [0.25, 0.3) is 0 Å². The van der Waals surface area contributed by atoms with Crippen LogP contribution in [0.5, 0.6) is 0 Å². The molecule has 28 heavy (non-hydrogen) atoms. The fraction of sp³-hybridized carbons (Fsp3) is 0.727. The van der Waals surface area contributed by atoms with Gasteiger partial charge in [0.2, 0.25) is 0 Å². The van der Waals surface area contributed by atoms with E-state index in [1.807, 2.05) is 6.92 Å². The molecule has 5 nitrogen and oxygen atoms in total. The summed E-state index contributed by atoms with van der Waals surface area (Å²) in [5.41, 5.74) is -4.00.